The Labute approximate surface area is 190 Å². The number of nitrogens with one attached hydrogen (secondary N) is 1. The number of piperidine rings is 1. The van der Waals surface area contributed by atoms with Gasteiger partial charge in [0, 0.05) is 55.9 Å². The lowest BCUT2D eigenvalue weighted by Gasteiger charge is -2.33. The first kappa shape index (κ1) is 21.4. The van der Waals surface area contributed by atoms with Crippen molar-refractivity contribution in [3.8, 4) is 0 Å². The highest BCUT2D eigenvalue weighted by molar-refractivity contribution is 6.02. The molecular weight excluding hydrogens is 404 g/mol. The summed E-state index contributed by atoms with van der Waals surface area (Å²) in [6.07, 6.45) is 6.85. The first-order valence-electron chi connectivity index (χ1n) is 12.3. The number of benzene rings is 1. The molecule has 1 N–H and O–H groups in total. The summed E-state index contributed by atoms with van der Waals surface area (Å²) in [6, 6.07) is 6.51. The molecular formula is C25H34N4O3. The van der Waals surface area contributed by atoms with Crippen LogP contribution in [0.5, 0.6) is 0 Å². The van der Waals surface area contributed by atoms with Gasteiger partial charge in [0.15, 0.2) is 0 Å². The lowest BCUT2D eigenvalue weighted by molar-refractivity contribution is -0.126. The van der Waals surface area contributed by atoms with E-state index in [0.29, 0.717) is 19.1 Å². The van der Waals surface area contributed by atoms with E-state index < -0.39 is 0 Å². The number of anilines is 2. The fraction of sp³-hybridized carbons (Fsp3) is 0.640. The molecule has 0 aromatic heterocycles. The summed E-state index contributed by atoms with van der Waals surface area (Å²) in [7, 11) is 0. The average molecular weight is 439 g/mol. The molecule has 0 spiro atoms. The van der Waals surface area contributed by atoms with Gasteiger partial charge < -0.3 is 15.1 Å². The third kappa shape index (κ3) is 4.27. The van der Waals surface area contributed by atoms with Crippen LogP contribution < -0.4 is 15.1 Å². The maximum absolute atomic E-state index is 12.7. The van der Waals surface area contributed by atoms with Crippen molar-refractivity contribution < 1.29 is 14.4 Å². The predicted molar refractivity (Wildman–Crippen MR) is 124 cm³/mol. The number of amides is 3. The van der Waals surface area contributed by atoms with Gasteiger partial charge >= 0.3 is 0 Å². The Kier molecular flexibility index (Phi) is 5.93. The molecule has 3 aliphatic heterocycles. The Morgan fingerprint density at radius 2 is 1.94 bits per heavy atom. The molecule has 0 unspecified atom stereocenters. The van der Waals surface area contributed by atoms with Crippen LogP contribution in [0.2, 0.25) is 0 Å². The zero-order chi connectivity index (χ0) is 22.2. The van der Waals surface area contributed by atoms with E-state index in [9.17, 15) is 14.4 Å². The third-order valence-electron chi connectivity index (χ3n) is 7.60. The number of carbonyl (C=O) groups excluding carboxylic acids is 3. The number of rotatable bonds is 6. The Balaban J connectivity index is 1.17. The van der Waals surface area contributed by atoms with Gasteiger partial charge in [-0.2, -0.15) is 0 Å². The summed E-state index contributed by atoms with van der Waals surface area (Å²) in [5.41, 5.74) is 2.94. The number of hydrogen-bond acceptors (Lipinski definition) is 4. The maximum Gasteiger partial charge on any atom is 0.230 e. The molecule has 1 saturated carbocycles. The Morgan fingerprint density at radius 1 is 1.09 bits per heavy atom. The Bertz CT molecular complexity index is 912. The van der Waals surface area contributed by atoms with Crippen molar-refractivity contribution in [2.24, 2.45) is 11.8 Å². The van der Waals surface area contributed by atoms with E-state index in [1.807, 2.05) is 23.1 Å². The Hall–Kier alpha value is -2.41. The molecule has 3 heterocycles. The molecule has 2 saturated heterocycles. The third-order valence-corrected chi connectivity index (χ3v) is 7.60. The number of fused-ring (bicyclic) bond motifs is 1. The van der Waals surface area contributed by atoms with Crippen molar-refractivity contribution >= 4 is 29.1 Å². The quantitative estimate of drug-likeness (QED) is 0.740. The molecule has 2 atom stereocenters. The largest absolute Gasteiger partial charge is 0.355 e. The van der Waals surface area contributed by atoms with Crippen molar-refractivity contribution in [3.63, 3.8) is 0 Å². The summed E-state index contributed by atoms with van der Waals surface area (Å²) in [5, 5.41) is 3.06. The van der Waals surface area contributed by atoms with Crippen LogP contribution in [-0.4, -0.2) is 61.4 Å². The summed E-state index contributed by atoms with van der Waals surface area (Å²) >= 11 is 0. The SMILES string of the molecule is C[C@@H]1CCCCN1CCNC(=O)[C@H]1CC(=O)N(c2ccc3c(c2)CCN3C(=O)C2CC2)C1. The first-order valence-corrected chi connectivity index (χ1v) is 12.3. The minimum Gasteiger partial charge on any atom is -0.355 e. The molecule has 0 radical (unpaired) electrons. The highest BCUT2D eigenvalue weighted by atomic mass is 16.2. The van der Waals surface area contributed by atoms with Gasteiger partial charge in [-0.25, -0.2) is 0 Å². The Morgan fingerprint density at radius 3 is 2.72 bits per heavy atom. The molecule has 1 aromatic rings. The molecule has 32 heavy (non-hydrogen) atoms. The number of likely N-dealkylation sites (tertiary alicyclic amines) is 1. The minimum atomic E-state index is -0.303. The van der Waals surface area contributed by atoms with Crippen molar-refractivity contribution in [3.05, 3.63) is 23.8 Å². The highest BCUT2D eigenvalue weighted by Gasteiger charge is 2.38. The van der Waals surface area contributed by atoms with E-state index in [-0.39, 0.29) is 36.0 Å². The van der Waals surface area contributed by atoms with E-state index >= 15 is 0 Å². The number of nitrogens with zero attached hydrogens (tertiary/aromatic N) is 3. The van der Waals surface area contributed by atoms with E-state index in [2.05, 4.69) is 17.1 Å². The molecule has 0 bridgehead atoms. The van der Waals surface area contributed by atoms with Gasteiger partial charge in [0.05, 0.1) is 5.92 Å². The topological polar surface area (TPSA) is 73.0 Å². The molecule has 1 aliphatic carbocycles. The molecule has 1 aromatic carbocycles. The van der Waals surface area contributed by atoms with Gasteiger partial charge in [-0.1, -0.05) is 6.42 Å². The first-order chi connectivity index (χ1) is 15.5. The van der Waals surface area contributed by atoms with Gasteiger partial charge in [0.1, 0.15) is 0 Å². The van der Waals surface area contributed by atoms with E-state index in [1.165, 1.54) is 19.3 Å². The van der Waals surface area contributed by atoms with Crippen LogP contribution in [0.3, 0.4) is 0 Å². The summed E-state index contributed by atoms with van der Waals surface area (Å²) < 4.78 is 0. The minimum absolute atomic E-state index is 0.00124. The van der Waals surface area contributed by atoms with Gasteiger partial charge in [-0.05, 0) is 69.3 Å². The van der Waals surface area contributed by atoms with Crippen molar-refractivity contribution in [1.29, 1.82) is 0 Å². The standard InChI is InChI=1S/C25H34N4O3/c1-17-4-2-3-11-27(17)13-10-26-24(31)20-15-23(30)29(16-20)21-7-8-22-19(14-21)9-12-28(22)25(32)18-5-6-18/h7-8,14,17-18,20H,2-6,9-13,15-16H2,1H3,(H,26,31)/t17-,20+/m1/s1. The van der Waals surface area contributed by atoms with Crippen molar-refractivity contribution in [1.82, 2.24) is 10.2 Å². The summed E-state index contributed by atoms with van der Waals surface area (Å²) in [5.74, 6) is 0.122. The molecule has 5 rings (SSSR count). The van der Waals surface area contributed by atoms with Gasteiger partial charge in [-0.15, -0.1) is 0 Å². The fourth-order valence-corrected chi connectivity index (χ4v) is 5.43. The van der Waals surface area contributed by atoms with Crippen molar-refractivity contribution in [2.75, 3.05) is 42.5 Å². The van der Waals surface area contributed by atoms with Crippen LogP contribution in [0.4, 0.5) is 11.4 Å². The molecule has 7 heteroatoms. The number of carbonyl (C=O) groups is 3. The molecule has 7 nitrogen and oxygen atoms in total. The lowest BCUT2D eigenvalue weighted by Crippen LogP contribution is -2.43. The zero-order valence-electron chi connectivity index (χ0n) is 19.0. The summed E-state index contributed by atoms with van der Waals surface area (Å²) in [6.45, 7) is 6.02. The molecule has 3 amide bonds. The molecule has 3 fully saturated rings. The second-order valence-corrected chi connectivity index (χ2v) is 9.90. The monoisotopic (exact) mass is 438 g/mol. The highest BCUT2D eigenvalue weighted by Crippen LogP contribution is 2.38. The smallest absolute Gasteiger partial charge is 0.230 e. The van der Waals surface area contributed by atoms with Crippen LogP contribution in [0.1, 0.15) is 51.0 Å². The van der Waals surface area contributed by atoms with E-state index in [4.69, 9.17) is 0 Å². The van der Waals surface area contributed by atoms with Crippen LogP contribution in [0.25, 0.3) is 0 Å². The lowest BCUT2D eigenvalue weighted by atomic mass is 10.0. The second kappa shape index (κ2) is 8.85. The zero-order valence-corrected chi connectivity index (χ0v) is 19.0. The predicted octanol–water partition coefficient (Wildman–Crippen LogP) is 2.33. The maximum atomic E-state index is 12.7. The number of hydrogen-bond donors (Lipinski definition) is 1. The molecule has 4 aliphatic rings. The van der Waals surface area contributed by atoms with Gasteiger partial charge in [0.2, 0.25) is 17.7 Å². The van der Waals surface area contributed by atoms with Crippen LogP contribution in [-0.2, 0) is 20.8 Å². The van der Waals surface area contributed by atoms with E-state index in [0.717, 1.165) is 55.8 Å². The van der Waals surface area contributed by atoms with Crippen LogP contribution >= 0.6 is 0 Å². The average Bonchev–Trinajstić information content (AvgIpc) is 3.44. The van der Waals surface area contributed by atoms with E-state index in [1.54, 1.807) is 4.90 Å². The molecule has 172 valence electrons. The second-order valence-electron chi connectivity index (χ2n) is 9.90. The normalized spacial score (nSPS) is 25.8. The van der Waals surface area contributed by atoms with Crippen LogP contribution in [0.15, 0.2) is 18.2 Å². The van der Waals surface area contributed by atoms with Crippen molar-refractivity contribution in [2.45, 2.75) is 57.9 Å². The van der Waals surface area contributed by atoms with Gasteiger partial charge in [-0.3, -0.25) is 19.3 Å². The van der Waals surface area contributed by atoms with Crippen LogP contribution in [0, 0.1) is 11.8 Å². The summed E-state index contributed by atoms with van der Waals surface area (Å²) in [4.78, 5) is 44.0. The fourth-order valence-electron chi connectivity index (χ4n) is 5.43. The van der Waals surface area contributed by atoms with Gasteiger partial charge in [0.25, 0.3) is 0 Å².